The van der Waals surface area contributed by atoms with Gasteiger partial charge in [0.05, 0.1) is 22.7 Å². The molecule has 0 aliphatic heterocycles. The number of hydrogen-bond acceptors (Lipinski definition) is 2. The summed E-state index contributed by atoms with van der Waals surface area (Å²) in [5, 5.41) is 12.5. The summed E-state index contributed by atoms with van der Waals surface area (Å²) in [6, 6.07) is 1.23. The van der Waals surface area contributed by atoms with Crippen LogP contribution in [0, 0.1) is 12.7 Å². The van der Waals surface area contributed by atoms with Gasteiger partial charge >= 0.3 is 0 Å². The van der Waals surface area contributed by atoms with Gasteiger partial charge in [0, 0.05) is 16.6 Å². The molecule has 6 heteroatoms. The molecule has 0 saturated carbocycles. The van der Waals surface area contributed by atoms with Crippen LogP contribution in [0.25, 0.3) is 0 Å². The third-order valence-corrected chi connectivity index (χ3v) is 3.74. The predicted octanol–water partition coefficient (Wildman–Crippen LogP) is 3.56. The number of nitrogens with one attached hydrogen (secondary N) is 1. The molecule has 0 fully saturated rings. The van der Waals surface area contributed by atoms with Crippen LogP contribution in [0.4, 0.5) is 10.1 Å². The Balaban J connectivity index is 2.92. The molecule has 2 N–H and O–H groups in total. The lowest BCUT2D eigenvalue weighted by atomic mass is 10.2. The summed E-state index contributed by atoms with van der Waals surface area (Å²) in [5.74, 6) is -0.247. The van der Waals surface area contributed by atoms with Crippen LogP contribution in [0.1, 0.15) is 5.56 Å². The number of anilines is 1. The third kappa shape index (κ3) is 3.23. The standard InChI is InChI=1S/C10H11BrCl2FNO/c1-5-8(14)2-7(13)10(9(5)11)15-4-6(16)3-12/h2,6,15-16H,3-4H2,1H3. The Bertz CT molecular complexity index is 390. The van der Waals surface area contributed by atoms with Gasteiger partial charge < -0.3 is 10.4 Å². The maximum atomic E-state index is 13.3. The van der Waals surface area contributed by atoms with Crippen LogP contribution < -0.4 is 5.32 Å². The van der Waals surface area contributed by atoms with Crippen molar-refractivity contribution in [2.75, 3.05) is 17.7 Å². The Morgan fingerprint density at radius 2 is 2.25 bits per heavy atom. The number of aliphatic hydroxyl groups excluding tert-OH is 1. The van der Waals surface area contributed by atoms with E-state index in [4.69, 9.17) is 23.2 Å². The van der Waals surface area contributed by atoms with Crippen LogP contribution in [-0.2, 0) is 0 Å². The fraction of sp³-hybridized carbons (Fsp3) is 0.400. The van der Waals surface area contributed by atoms with Crippen molar-refractivity contribution in [3.05, 3.63) is 26.9 Å². The van der Waals surface area contributed by atoms with Crippen LogP contribution in [-0.4, -0.2) is 23.6 Å². The average Bonchev–Trinajstić information content (AvgIpc) is 2.25. The maximum absolute atomic E-state index is 13.3. The van der Waals surface area contributed by atoms with Gasteiger partial charge in [0.25, 0.3) is 0 Å². The Hall–Kier alpha value is -0.0300. The summed E-state index contributed by atoms with van der Waals surface area (Å²) < 4.78 is 13.8. The summed E-state index contributed by atoms with van der Waals surface area (Å²) in [7, 11) is 0. The van der Waals surface area contributed by atoms with Crippen LogP contribution >= 0.6 is 39.1 Å². The molecule has 0 aliphatic carbocycles. The molecule has 1 rings (SSSR count). The number of halogens is 4. The van der Waals surface area contributed by atoms with E-state index in [0.29, 0.717) is 15.7 Å². The molecule has 0 bridgehead atoms. The second kappa shape index (κ2) is 6.05. The zero-order valence-electron chi connectivity index (χ0n) is 8.53. The fourth-order valence-electron chi connectivity index (χ4n) is 1.13. The minimum Gasteiger partial charge on any atom is -0.390 e. The van der Waals surface area contributed by atoms with E-state index in [9.17, 15) is 9.50 Å². The van der Waals surface area contributed by atoms with Crippen LogP contribution in [0.15, 0.2) is 10.5 Å². The predicted molar refractivity (Wildman–Crippen MR) is 69.1 cm³/mol. The van der Waals surface area contributed by atoms with Crippen LogP contribution in [0.5, 0.6) is 0 Å². The zero-order valence-corrected chi connectivity index (χ0v) is 11.6. The summed E-state index contributed by atoms with van der Waals surface area (Å²) in [4.78, 5) is 0. The molecule has 0 amide bonds. The molecule has 2 nitrogen and oxygen atoms in total. The van der Waals surface area contributed by atoms with E-state index in [0.717, 1.165) is 0 Å². The first-order valence-electron chi connectivity index (χ1n) is 4.59. The van der Waals surface area contributed by atoms with Crippen molar-refractivity contribution in [2.24, 2.45) is 0 Å². The van der Waals surface area contributed by atoms with Crippen LogP contribution in [0.3, 0.4) is 0 Å². The Morgan fingerprint density at radius 1 is 1.62 bits per heavy atom. The van der Waals surface area contributed by atoms with Crippen molar-refractivity contribution < 1.29 is 9.50 Å². The van der Waals surface area contributed by atoms with E-state index < -0.39 is 6.10 Å². The molecular weight excluding hydrogens is 320 g/mol. The van der Waals surface area contributed by atoms with Gasteiger partial charge in [-0.15, -0.1) is 11.6 Å². The molecule has 16 heavy (non-hydrogen) atoms. The Morgan fingerprint density at radius 3 is 2.81 bits per heavy atom. The molecule has 1 aromatic rings. The van der Waals surface area contributed by atoms with Crippen molar-refractivity contribution in [2.45, 2.75) is 13.0 Å². The van der Waals surface area contributed by atoms with Gasteiger partial charge in [-0.05, 0) is 28.9 Å². The van der Waals surface area contributed by atoms with Gasteiger partial charge in [-0.2, -0.15) is 0 Å². The number of alkyl halides is 1. The summed E-state index contributed by atoms with van der Waals surface area (Å²) in [6.07, 6.45) is -0.671. The molecular formula is C10H11BrCl2FNO. The minimum atomic E-state index is -0.671. The van der Waals surface area contributed by atoms with Crippen molar-refractivity contribution in [3.63, 3.8) is 0 Å². The molecule has 0 aliphatic rings. The first-order chi connectivity index (χ1) is 7.47. The molecule has 1 atom stereocenters. The van der Waals surface area contributed by atoms with Gasteiger partial charge in [0.1, 0.15) is 5.82 Å². The summed E-state index contributed by atoms with van der Waals surface area (Å²) >= 11 is 14.6. The summed E-state index contributed by atoms with van der Waals surface area (Å²) in [5.41, 5.74) is 1.02. The molecule has 0 saturated heterocycles. The van der Waals surface area contributed by atoms with Gasteiger partial charge in [-0.1, -0.05) is 11.6 Å². The highest BCUT2D eigenvalue weighted by atomic mass is 79.9. The fourth-order valence-corrected chi connectivity index (χ4v) is 2.15. The second-order valence-corrected chi connectivity index (χ2v) is 4.85. The second-order valence-electron chi connectivity index (χ2n) is 3.34. The van der Waals surface area contributed by atoms with Crippen molar-refractivity contribution in [1.29, 1.82) is 0 Å². The smallest absolute Gasteiger partial charge is 0.128 e. The monoisotopic (exact) mass is 329 g/mol. The van der Waals surface area contributed by atoms with Crippen LogP contribution in [0.2, 0.25) is 5.02 Å². The van der Waals surface area contributed by atoms with E-state index in [2.05, 4.69) is 21.2 Å². The number of aliphatic hydroxyl groups is 1. The average molecular weight is 331 g/mol. The van der Waals surface area contributed by atoms with Crippen molar-refractivity contribution in [3.8, 4) is 0 Å². The Labute approximate surface area is 112 Å². The highest BCUT2D eigenvalue weighted by molar-refractivity contribution is 9.10. The van der Waals surface area contributed by atoms with E-state index in [-0.39, 0.29) is 23.3 Å². The molecule has 0 aromatic heterocycles. The maximum Gasteiger partial charge on any atom is 0.128 e. The molecule has 0 heterocycles. The minimum absolute atomic E-state index is 0.127. The van der Waals surface area contributed by atoms with E-state index in [1.807, 2.05) is 0 Å². The first-order valence-corrected chi connectivity index (χ1v) is 6.30. The zero-order chi connectivity index (χ0) is 12.3. The summed E-state index contributed by atoms with van der Waals surface area (Å²) in [6.45, 7) is 1.89. The molecule has 0 spiro atoms. The lowest BCUT2D eigenvalue weighted by Gasteiger charge is -2.15. The third-order valence-electron chi connectivity index (χ3n) is 2.09. The normalized spacial score (nSPS) is 12.6. The highest BCUT2D eigenvalue weighted by Crippen LogP contribution is 2.34. The first kappa shape index (κ1) is 14.0. The van der Waals surface area contributed by atoms with E-state index in [1.54, 1.807) is 6.92 Å². The van der Waals surface area contributed by atoms with Gasteiger partial charge in [0.2, 0.25) is 0 Å². The number of benzene rings is 1. The number of hydrogen-bond donors (Lipinski definition) is 2. The van der Waals surface area contributed by atoms with Gasteiger partial charge in [-0.3, -0.25) is 0 Å². The lowest BCUT2D eigenvalue weighted by Crippen LogP contribution is -2.21. The SMILES string of the molecule is Cc1c(F)cc(Cl)c(NCC(O)CCl)c1Br. The van der Waals surface area contributed by atoms with Crippen molar-refractivity contribution >= 4 is 44.8 Å². The molecule has 1 aromatic carbocycles. The molecule has 0 radical (unpaired) electrons. The van der Waals surface area contributed by atoms with Gasteiger partial charge in [0.15, 0.2) is 0 Å². The van der Waals surface area contributed by atoms with E-state index >= 15 is 0 Å². The lowest BCUT2D eigenvalue weighted by molar-refractivity contribution is 0.211. The van der Waals surface area contributed by atoms with Crippen molar-refractivity contribution in [1.82, 2.24) is 0 Å². The molecule has 1 unspecified atom stereocenters. The van der Waals surface area contributed by atoms with E-state index in [1.165, 1.54) is 6.07 Å². The quantitative estimate of drug-likeness (QED) is 0.827. The molecule has 90 valence electrons. The van der Waals surface area contributed by atoms with Gasteiger partial charge in [-0.25, -0.2) is 4.39 Å². The highest BCUT2D eigenvalue weighted by Gasteiger charge is 2.13. The Kier molecular flexibility index (Phi) is 5.31. The largest absolute Gasteiger partial charge is 0.390 e. The topological polar surface area (TPSA) is 32.3 Å². The number of rotatable bonds is 4.